The number of nitrogens with two attached hydrogens (primary N) is 1. The van der Waals surface area contributed by atoms with Crippen molar-refractivity contribution < 1.29 is 12.9 Å². The molecule has 0 atom stereocenters. The Hall–Kier alpha value is -2.13. The van der Waals surface area contributed by atoms with Gasteiger partial charge in [-0.1, -0.05) is 5.16 Å². The lowest BCUT2D eigenvalue weighted by Gasteiger charge is -2.08. The molecule has 0 saturated heterocycles. The Bertz CT molecular complexity index is 652. The van der Waals surface area contributed by atoms with Crippen molar-refractivity contribution in [2.24, 2.45) is 5.84 Å². The van der Waals surface area contributed by atoms with Gasteiger partial charge >= 0.3 is 0 Å². The third-order valence-electron chi connectivity index (χ3n) is 2.05. The summed E-state index contributed by atoms with van der Waals surface area (Å²) in [6.07, 6.45) is 1.35. The zero-order valence-electron chi connectivity index (χ0n) is 9.41. The number of hydrazine groups is 1. The maximum atomic E-state index is 12.0. The second-order valence-corrected chi connectivity index (χ2v) is 5.03. The van der Waals surface area contributed by atoms with E-state index in [-0.39, 0.29) is 16.5 Å². The standard InChI is InChI=1S/C9H11N5O3S/c1-6-5-8(13-17-6)14-18(15,16)9-7(12-10)3-2-4-11-9/h2-5,12H,10H2,1H3,(H,13,14). The van der Waals surface area contributed by atoms with Crippen molar-refractivity contribution in [2.75, 3.05) is 10.1 Å². The average molecular weight is 269 g/mol. The van der Waals surface area contributed by atoms with E-state index in [9.17, 15) is 8.42 Å². The lowest BCUT2D eigenvalue weighted by atomic mass is 10.4. The van der Waals surface area contributed by atoms with Crippen molar-refractivity contribution in [3.63, 3.8) is 0 Å². The normalized spacial score (nSPS) is 11.2. The average Bonchev–Trinajstić information content (AvgIpc) is 2.74. The molecule has 0 radical (unpaired) electrons. The topological polar surface area (TPSA) is 123 Å². The van der Waals surface area contributed by atoms with Crippen molar-refractivity contribution >= 4 is 21.5 Å². The highest BCUT2D eigenvalue weighted by Crippen LogP contribution is 2.20. The Morgan fingerprint density at radius 1 is 1.44 bits per heavy atom. The number of hydrogen-bond acceptors (Lipinski definition) is 7. The van der Waals surface area contributed by atoms with Crippen LogP contribution >= 0.6 is 0 Å². The van der Waals surface area contributed by atoms with Crippen LogP contribution in [0, 0.1) is 6.92 Å². The minimum atomic E-state index is -3.87. The molecule has 0 aliphatic rings. The number of aromatic nitrogens is 2. The highest BCUT2D eigenvalue weighted by atomic mass is 32.2. The van der Waals surface area contributed by atoms with Crippen LogP contribution in [0.3, 0.4) is 0 Å². The molecule has 2 aromatic rings. The lowest BCUT2D eigenvalue weighted by molar-refractivity contribution is 0.400. The van der Waals surface area contributed by atoms with Crippen LogP contribution in [0.1, 0.15) is 5.76 Å². The van der Waals surface area contributed by atoms with Gasteiger partial charge in [-0.15, -0.1) is 0 Å². The Morgan fingerprint density at radius 2 is 2.22 bits per heavy atom. The van der Waals surface area contributed by atoms with Gasteiger partial charge in [0.05, 0.1) is 5.69 Å². The number of pyridine rings is 1. The monoisotopic (exact) mass is 269 g/mol. The number of nitrogen functional groups attached to an aromatic ring is 1. The van der Waals surface area contributed by atoms with Crippen molar-refractivity contribution in [2.45, 2.75) is 11.9 Å². The Morgan fingerprint density at radius 3 is 2.83 bits per heavy atom. The largest absolute Gasteiger partial charge is 0.360 e. The quantitative estimate of drug-likeness (QED) is 0.544. The molecule has 9 heteroatoms. The zero-order valence-corrected chi connectivity index (χ0v) is 10.2. The third-order valence-corrected chi connectivity index (χ3v) is 3.36. The fraction of sp³-hybridized carbons (Fsp3) is 0.111. The van der Waals surface area contributed by atoms with Gasteiger partial charge in [-0.25, -0.2) is 4.98 Å². The minimum absolute atomic E-state index is 0.0844. The smallest absolute Gasteiger partial charge is 0.282 e. The predicted octanol–water partition coefficient (Wildman–Crippen LogP) is 0.464. The maximum Gasteiger partial charge on any atom is 0.282 e. The first-order chi connectivity index (χ1) is 8.53. The summed E-state index contributed by atoms with van der Waals surface area (Å²) < 4.78 is 31.1. The Labute approximate surface area is 103 Å². The van der Waals surface area contributed by atoms with Crippen LogP contribution in [0.5, 0.6) is 0 Å². The van der Waals surface area contributed by atoms with Crippen LogP contribution in [0.15, 0.2) is 33.9 Å². The summed E-state index contributed by atoms with van der Waals surface area (Å²) in [6, 6.07) is 4.51. The van der Waals surface area contributed by atoms with Gasteiger partial charge in [0.25, 0.3) is 10.0 Å². The van der Waals surface area contributed by atoms with Gasteiger partial charge in [-0.2, -0.15) is 8.42 Å². The van der Waals surface area contributed by atoms with Gasteiger partial charge < -0.3 is 9.95 Å². The fourth-order valence-corrected chi connectivity index (χ4v) is 2.40. The fourth-order valence-electron chi connectivity index (χ4n) is 1.32. The zero-order chi connectivity index (χ0) is 13.2. The van der Waals surface area contributed by atoms with Crippen LogP contribution in [-0.2, 0) is 10.0 Å². The summed E-state index contributed by atoms with van der Waals surface area (Å²) in [6.45, 7) is 1.65. The van der Waals surface area contributed by atoms with E-state index in [2.05, 4.69) is 20.3 Å². The molecule has 18 heavy (non-hydrogen) atoms. The molecule has 8 nitrogen and oxygen atoms in total. The molecule has 2 heterocycles. The second kappa shape index (κ2) is 4.63. The molecule has 0 aliphatic carbocycles. The van der Waals surface area contributed by atoms with E-state index in [0.29, 0.717) is 5.76 Å². The molecule has 0 bridgehead atoms. The summed E-state index contributed by atoms with van der Waals surface area (Å²) in [5.41, 5.74) is 2.45. The number of hydrogen-bond donors (Lipinski definition) is 3. The van der Waals surface area contributed by atoms with Gasteiger partial charge in [-0.05, 0) is 19.1 Å². The van der Waals surface area contributed by atoms with E-state index in [1.165, 1.54) is 18.3 Å². The number of nitrogens with zero attached hydrogens (tertiary/aromatic N) is 2. The van der Waals surface area contributed by atoms with E-state index in [0.717, 1.165) is 0 Å². The first-order valence-corrected chi connectivity index (χ1v) is 6.39. The first-order valence-electron chi connectivity index (χ1n) is 4.91. The van der Waals surface area contributed by atoms with E-state index >= 15 is 0 Å². The van der Waals surface area contributed by atoms with Crippen molar-refractivity contribution in [1.29, 1.82) is 0 Å². The number of aryl methyl sites for hydroxylation is 1. The van der Waals surface area contributed by atoms with E-state index < -0.39 is 10.0 Å². The van der Waals surface area contributed by atoms with Crippen LogP contribution in [0.4, 0.5) is 11.5 Å². The SMILES string of the molecule is Cc1cc(NS(=O)(=O)c2ncccc2NN)no1. The van der Waals surface area contributed by atoms with Crippen LogP contribution in [0.25, 0.3) is 0 Å². The predicted molar refractivity (Wildman–Crippen MR) is 64.1 cm³/mol. The second-order valence-electron chi connectivity index (χ2n) is 3.43. The molecular formula is C9H11N5O3S. The molecule has 96 valence electrons. The molecule has 4 N–H and O–H groups in total. The van der Waals surface area contributed by atoms with Crippen molar-refractivity contribution in [3.8, 4) is 0 Å². The molecule has 0 fully saturated rings. The molecule has 2 aromatic heterocycles. The van der Waals surface area contributed by atoms with Gasteiger partial charge in [0.1, 0.15) is 5.76 Å². The Balaban J connectivity index is 2.36. The Kier molecular flexibility index (Phi) is 3.17. The molecule has 0 aliphatic heterocycles. The highest BCUT2D eigenvalue weighted by molar-refractivity contribution is 7.92. The number of nitrogens with one attached hydrogen (secondary N) is 2. The lowest BCUT2D eigenvalue weighted by Crippen LogP contribution is -2.19. The van der Waals surface area contributed by atoms with E-state index in [1.54, 1.807) is 13.0 Å². The summed E-state index contributed by atoms with van der Waals surface area (Å²) in [4.78, 5) is 3.77. The number of anilines is 2. The molecule has 0 spiro atoms. The molecule has 2 rings (SSSR count). The molecule has 0 aromatic carbocycles. The molecule has 0 saturated carbocycles. The minimum Gasteiger partial charge on any atom is -0.360 e. The van der Waals surface area contributed by atoms with Crippen LogP contribution < -0.4 is 16.0 Å². The summed E-state index contributed by atoms with van der Waals surface area (Å²) in [5, 5.41) is 3.32. The molecule has 0 unspecified atom stereocenters. The highest BCUT2D eigenvalue weighted by Gasteiger charge is 2.21. The molecule has 0 amide bonds. The summed E-state index contributed by atoms with van der Waals surface area (Å²) >= 11 is 0. The van der Waals surface area contributed by atoms with Crippen LogP contribution in [-0.4, -0.2) is 18.6 Å². The summed E-state index contributed by atoms with van der Waals surface area (Å²) in [7, 11) is -3.87. The van der Waals surface area contributed by atoms with Crippen molar-refractivity contribution in [3.05, 3.63) is 30.2 Å². The number of rotatable bonds is 4. The van der Waals surface area contributed by atoms with Gasteiger partial charge in [0.2, 0.25) is 5.03 Å². The van der Waals surface area contributed by atoms with E-state index in [1.807, 2.05) is 0 Å². The van der Waals surface area contributed by atoms with Gasteiger partial charge in [0.15, 0.2) is 5.82 Å². The van der Waals surface area contributed by atoms with E-state index in [4.69, 9.17) is 10.4 Å². The van der Waals surface area contributed by atoms with Crippen molar-refractivity contribution in [1.82, 2.24) is 10.1 Å². The summed E-state index contributed by atoms with van der Waals surface area (Å²) in [5.74, 6) is 5.80. The van der Waals surface area contributed by atoms with Crippen LogP contribution in [0.2, 0.25) is 0 Å². The third kappa shape index (κ3) is 2.41. The maximum absolute atomic E-state index is 12.0. The van der Waals surface area contributed by atoms with Gasteiger partial charge in [-0.3, -0.25) is 10.6 Å². The van der Waals surface area contributed by atoms with Gasteiger partial charge in [0, 0.05) is 12.3 Å². The number of sulfonamides is 1. The molecular weight excluding hydrogens is 258 g/mol. The first kappa shape index (κ1) is 12.3.